The molecule has 0 aromatic heterocycles. The molecule has 1 aliphatic heterocycles. The van der Waals surface area contributed by atoms with Crippen molar-refractivity contribution in [3.63, 3.8) is 0 Å². The topological polar surface area (TPSA) is 72.9 Å². The molecule has 0 aliphatic carbocycles. The van der Waals surface area contributed by atoms with Crippen LogP contribution in [0.2, 0.25) is 0 Å². The molecular formula is C22H18Br2FNO5S. The Bertz CT molecular complexity index is 1080. The Labute approximate surface area is 205 Å². The van der Waals surface area contributed by atoms with Gasteiger partial charge in [-0.3, -0.25) is 19.3 Å². The van der Waals surface area contributed by atoms with Crippen molar-refractivity contribution in [1.29, 1.82) is 0 Å². The summed E-state index contributed by atoms with van der Waals surface area (Å²) in [4.78, 5) is 37.7. The molecule has 10 heteroatoms. The predicted molar refractivity (Wildman–Crippen MR) is 126 cm³/mol. The molecule has 1 fully saturated rings. The van der Waals surface area contributed by atoms with Gasteiger partial charge in [0.1, 0.15) is 24.7 Å². The van der Waals surface area contributed by atoms with Gasteiger partial charge >= 0.3 is 5.97 Å². The largest absolute Gasteiger partial charge is 0.486 e. The summed E-state index contributed by atoms with van der Waals surface area (Å²) in [5, 5.41) is -0.537. The fourth-order valence-electron chi connectivity index (χ4n) is 2.78. The van der Waals surface area contributed by atoms with E-state index in [1.54, 1.807) is 50.3 Å². The molecule has 168 valence electrons. The van der Waals surface area contributed by atoms with Crippen LogP contribution in [0.25, 0.3) is 6.08 Å². The first-order valence-electron chi connectivity index (χ1n) is 9.45. The third kappa shape index (κ3) is 5.99. The Morgan fingerprint density at radius 1 is 1.19 bits per heavy atom. The maximum absolute atomic E-state index is 13.8. The Kier molecular flexibility index (Phi) is 8.13. The average molecular weight is 587 g/mol. The molecule has 3 rings (SSSR count). The van der Waals surface area contributed by atoms with Gasteiger partial charge in [0.25, 0.3) is 11.1 Å². The lowest BCUT2D eigenvalue weighted by molar-refractivity contribution is -0.149. The highest BCUT2D eigenvalue weighted by molar-refractivity contribution is 9.11. The second-order valence-corrected chi connectivity index (χ2v) is 9.70. The van der Waals surface area contributed by atoms with Crippen LogP contribution in [0, 0.1) is 5.82 Å². The van der Waals surface area contributed by atoms with E-state index in [-0.39, 0.29) is 23.4 Å². The van der Waals surface area contributed by atoms with E-state index in [1.807, 2.05) is 0 Å². The predicted octanol–water partition coefficient (Wildman–Crippen LogP) is 5.92. The summed E-state index contributed by atoms with van der Waals surface area (Å²) in [7, 11) is 0. The van der Waals surface area contributed by atoms with Crippen molar-refractivity contribution in [2.45, 2.75) is 26.6 Å². The average Bonchev–Trinajstić information content (AvgIpc) is 2.95. The molecule has 0 spiro atoms. The Morgan fingerprint density at radius 2 is 1.84 bits per heavy atom. The normalized spacial score (nSPS) is 15.1. The van der Waals surface area contributed by atoms with Crippen LogP contribution in [0.3, 0.4) is 0 Å². The van der Waals surface area contributed by atoms with Crippen molar-refractivity contribution in [2.24, 2.45) is 0 Å². The van der Waals surface area contributed by atoms with Crippen LogP contribution >= 0.6 is 43.6 Å². The zero-order chi connectivity index (χ0) is 23.4. The summed E-state index contributed by atoms with van der Waals surface area (Å²) in [6.45, 7) is 2.97. The van der Waals surface area contributed by atoms with Crippen molar-refractivity contribution in [3.05, 3.63) is 67.2 Å². The quantitative estimate of drug-likeness (QED) is 0.296. The molecule has 0 atom stereocenters. The Morgan fingerprint density at radius 3 is 2.47 bits per heavy atom. The third-order valence-corrected chi connectivity index (χ3v) is 6.26. The first-order valence-corrected chi connectivity index (χ1v) is 11.9. The number of carbonyl (C=O) groups is 3. The van der Waals surface area contributed by atoms with Gasteiger partial charge in [-0.2, -0.15) is 0 Å². The van der Waals surface area contributed by atoms with E-state index in [4.69, 9.17) is 9.47 Å². The van der Waals surface area contributed by atoms with Crippen molar-refractivity contribution in [1.82, 2.24) is 4.90 Å². The number of nitrogens with zero attached hydrogens (tertiary/aromatic N) is 1. The zero-order valence-corrected chi connectivity index (χ0v) is 21.1. The molecule has 0 N–H and O–H groups in total. The lowest BCUT2D eigenvalue weighted by Crippen LogP contribution is -2.35. The first kappa shape index (κ1) is 24.5. The summed E-state index contributed by atoms with van der Waals surface area (Å²) < 4.78 is 25.7. The molecule has 6 nitrogen and oxygen atoms in total. The zero-order valence-electron chi connectivity index (χ0n) is 17.1. The van der Waals surface area contributed by atoms with E-state index in [1.165, 1.54) is 6.07 Å². The van der Waals surface area contributed by atoms with Crippen LogP contribution < -0.4 is 4.74 Å². The molecule has 1 saturated heterocycles. The van der Waals surface area contributed by atoms with Crippen LogP contribution in [0.1, 0.15) is 25.0 Å². The van der Waals surface area contributed by atoms with E-state index >= 15 is 0 Å². The van der Waals surface area contributed by atoms with Crippen molar-refractivity contribution in [3.8, 4) is 5.75 Å². The molecule has 1 heterocycles. The summed E-state index contributed by atoms with van der Waals surface area (Å²) in [6, 6.07) is 9.75. The number of imide groups is 1. The van der Waals surface area contributed by atoms with Crippen LogP contribution in [-0.2, 0) is 20.9 Å². The smallest absolute Gasteiger partial charge is 0.326 e. The number of hydrogen-bond donors (Lipinski definition) is 0. The van der Waals surface area contributed by atoms with Crippen LogP contribution in [-0.4, -0.2) is 34.7 Å². The van der Waals surface area contributed by atoms with Gasteiger partial charge in [0, 0.05) is 5.56 Å². The third-order valence-electron chi connectivity index (χ3n) is 4.18. The molecule has 0 saturated carbocycles. The van der Waals surface area contributed by atoms with Crippen molar-refractivity contribution in [2.75, 3.05) is 6.54 Å². The molecule has 2 amide bonds. The number of amides is 2. The van der Waals surface area contributed by atoms with E-state index in [2.05, 4.69) is 31.9 Å². The van der Waals surface area contributed by atoms with Gasteiger partial charge in [0.2, 0.25) is 0 Å². The van der Waals surface area contributed by atoms with Gasteiger partial charge in [-0.15, -0.1) is 0 Å². The van der Waals surface area contributed by atoms with Crippen LogP contribution in [0.4, 0.5) is 9.18 Å². The SMILES string of the molecule is CC(C)OC(=O)CN1C(=O)S/C(=C/c2cc(Br)c(OCc3ccccc3F)c(Br)c2)C1=O. The number of ether oxygens (including phenoxy) is 2. The fourth-order valence-corrected chi connectivity index (χ4v) is 5.07. The molecule has 32 heavy (non-hydrogen) atoms. The van der Waals surface area contributed by atoms with Gasteiger partial charge in [-0.05, 0) is 87.3 Å². The van der Waals surface area contributed by atoms with Crippen molar-refractivity contribution >= 4 is 66.8 Å². The number of thioether (sulfide) groups is 1. The van der Waals surface area contributed by atoms with E-state index in [0.717, 1.165) is 16.7 Å². The lowest BCUT2D eigenvalue weighted by Gasteiger charge is -2.13. The van der Waals surface area contributed by atoms with Gasteiger partial charge in [-0.1, -0.05) is 18.2 Å². The standard InChI is InChI=1S/C22H18Br2FNO5S/c1-12(2)31-19(27)10-26-21(28)18(32-22(26)29)9-13-7-15(23)20(16(24)8-13)30-11-14-5-3-4-6-17(14)25/h3-9,12H,10-11H2,1-2H3/b18-9+. The van der Waals surface area contributed by atoms with E-state index in [0.29, 0.717) is 25.8 Å². The van der Waals surface area contributed by atoms with E-state index in [9.17, 15) is 18.8 Å². The molecule has 0 unspecified atom stereocenters. The van der Waals surface area contributed by atoms with Crippen LogP contribution in [0.5, 0.6) is 5.75 Å². The maximum Gasteiger partial charge on any atom is 0.326 e. The molecule has 0 bridgehead atoms. The second kappa shape index (κ2) is 10.6. The van der Waals surface area contributed by atoms with Gasteiger partial charge in [-0.25, -0.2) is 4.39 Å². The Hall–Kier alpha value is -2.17. The molecular weight excluding hydrogens is 569 g/mol. The number of rotatable bonds is 7. The summed E-state index contributed by atoms with van der Waals surface area (Å²) >= 11 is 7.60. The van der Waals surface area contributed by atoms with E-state index < -0.39 is 23.7 Å². The van der Waals surface area contributed by atoms with Crippen molar-refractivity contribution < 1.29 is 28.2 Å². The second-order valence-electron chi connectivity index (χ2n) is 7.00. The number of halogens is 3. The van der Waals surface area contributed by atoms with Crippen LogP contribution in [0.15, 0.2) is 50.2 Å². The molecule has 2 aromatic carbocycles. The van der Waals surface area contributed by atoms with Gasteiger partial charge in [0.05, 0.1) is 20.0 Å². The first-order chi connectivity index (χ1) is 15.2. The summed E-state index contributed by atoms with van der Waals surface area (Å²) in [6.07, 6.45) is 1.21. The minimum absolute atomic E-state index is 0.0363. The number of carbonyl (C=O) groups excluding carboxylic acids is 3. The number of hydrogen-bond acceptors (Lipinski definition) is 6. The maximum atomic E-state index is 13.8. The highest BCUT2D eigenvalue weighted by atomic mass is 79.9. The molecule has 2 aromatic rings. The lowest BCUT2D eigenvalue weighted by atomic mass is 10.2. The van der Waals surface area contributed by atoms with Gasteiger partial charge < -0.3 is 9.47 Å². The monoisotopic (exact) mass is 585 g/mol. The highest BCUT2D eigenvalue weighted by Crippen LogP contribution is 2.38. The minimum Gasteiger partial charge on any atom is -0.486 e. The van der Waals surface area contributed by atoms with Gasteiger partial charge in [0.15, 0.2) is 0 Å². The highest BCUT2D eigenvalue weighted by Gasteiger charge is 2.36. The number of esters is 1. The number of benzene rings is 2. The minimum atomic E-state index is -0.648. The molecule has 0 radical (unpaired) electrons. The summed E-state index contributed by atoms with van der Waals surface area (Å²) in [5.74, 6) is -1.10. The fraction of sp³-hybridized carbons (Fsp3) is 0.227. The molecule has 1 aliphatic rings. The Balaban J connectivity index is 1.74. The summed E-state index contributed by atoms with van der Waals surface area (Å²) in [5.41, 5.74) is 1.04.